The van der Waals surface area contributed by atoms with Crippen molar-refractivity contribution in [2.24, 2.45) is 7.05 Å². The largest absolute Gasteiger partial charge is 0.416 e. The van der Waals surface area contributed by atoms with Gasteiger partial charge >= 0.3 is 12.1 Å². The highest BCUT2D eigenvalue weighted by Gasteiger charge is 2.57. The number of fused-ring (bicyclic) bond motifs is 1. The molecule has 40 heavy (non-hydrogen) atoms. The van der Waals surface area contributed by atoms with E-state index in [1.165, 1.54) is 30.1 Å². The molecule has 1 fully saturated rings. The Bertz CT molecular complexity index is 1470. The molecule has 2 aromatic carbocycles. The zero-order valence-corrected chi connectivity index (χ0v) is 21.2. The number of hydrogen-bond donors (Lipinski definition) is 0. The average molecular weight is 573 g/mol. The molecule has 1 saturated heterocycles. The van der Waals surface area contributed by atoms with Gasteiger partial charge in [-0.3, -0.25) is 9.69 Å². The van der Waals surface area contributed by atoms with Crippen LogP contribution in [0.2, 0.25) is 0 Å². The zero-order valence-electron chi connectivity index (χ0n) is 21.2. The molecule has 1 unspecified atom stereocenters. The molecule has 2 aliphatic heterocycles. The van der Waals surface area contributed by atoms with Gasteiger partial charge in [-0.1, -0.05) is 12.1 Å². The van der Waals surface area contributed by atoms with E-state index in [4.69, 9.17) is 0 Å². The normalized spacial score (nSPS) is 19.2. The maximum atomic E-state index is 15.8. The molecule has 6 nitrogen and oxygen atoms in total. The fraction of sp³-hybridized carbons (Fsp3) is 0.423. The second kappa shape index (κ2) is 9.25. The van der Waals surface area contributed by atoms with Gasteiger partial charge in [-0.05, 0) is 47.9 Å². The van der Waals surface area contributed by atoms with Gasteiger partial charge in [-0.2, -0.15) is 22.0 Å². The number of aromatic nitrogens is 3. The minimum Gasteiger partial charge on any atom is -0.316 e. The third kappa shape index (κ3) is 4.71. The number of hydrogen-bond acceptors (Lipinski definition) is 4. The highest BCUT2D eigenvalue weighted by molar-refractivity contribution is 6.10. The Morgan fingerprint density at radius 1 is 1.05 bits per heavy atom. The van der Waals surface area contributed by atoms with E-state index in [1.54, 1.807) is 0 Å². The lowest BCUT2D eigenvalue weighted by Crippen LogP contribution is -2.39. The molecule has 2 aliphatic rings. The van der Waals surface area contributed by atoms with E-state index in [0.717, 1.165) is 34.0 Å². The molecule has 0 aliphatic carbocycles. The minimum atomic E-state index is -4.86. The van der Waals surface area contributed by atoms with Crippen LogP contribution in [0.4, 0.5) is 40.8 Å². The number of carbonyl (C=O) groups is 1. The van der Waals surface area contributed by atoms with Crippen molar-refractivity contribution in [3.05, 3.63) is 76.4 Å². The number of rotatable bonds is 6. The molecular weight excluding hydrogens is 550 g/mol. The van der Waals surface area contributed by atoms with Gasteiger partial charge < -0.3 is 9.47 Å². The van der Waals surface area contributed by atoms with Gasteiger partial charge in [-0.25, -0.2) is 13.2 Å². The van der Waals surface area contributed by atoms with Crippen molar-refractivity contribution < 1.29 is 39.9 Å². The SMILES string of the molecule is Cn1cnnc1C(F)(F)C(C)(F)c1cccc(N2Cc3c(cc(CN4CCC(F)(F)C4)cc3C(F)(F)F)C2=O)c1. The first kappa shape index (κ1) is 28.0. The van der Waals surface area contributed by atoms with Gasteiger partial charge in [0.1, 0.15) is 6.33 Å². The molecule has 3 heterocycles. The Hall–Kier alpha value is -3.55. The Balaban J connectivity index is 1.49. The monoisotopic (exact) mass is 573 g/mol. The van der Waals surface area contributed by atoms with Gasteiger partial charge in [0.05, 0.1) is 18.7 Å². The number of carbonyl (C=O) groups excluding carboxylic acids is 1. The summed E-state index contributed by atoms with van der Waals surface area (Å²) in [5.41, 5.74) is -5.64. The van der Waals surface area contributed by atoms with Gasteiger partial charge in [0, 0.05) is 37.8 Å². The standard InChI is InChI=1S/C26H23F8N5O/c1-23(27,25(30,31)22-36-35-14-37(22)2)16-4-3-5-17(10-16)39-12-19-18(21(39)40)8-15(9-20(19)26(32,33)34)11-38-7-6-24(28,29)13-38/h3-5,8-10,14H,6-7,11-13H2,1-2H3. The van der Waals surface area contributed by atoms with Crippen LogP contribution >= 0.6 is 0 Å². The van der Waals surface area contributed by atoms with Crippen LogP contribution in [0.5, 0.6) is 0 Å². The minimum absolute atomic E-state index is 0.0146. The number of nitrogens with zero attached hydrogens (tertiary/aromatic N) is 5. The highest BCUT2D eigenvalue weighted by Crippen LogP contribution is 2.48. The summed E-state index contributed by atoms with van der Waals surface area (Å²) in [6, 6.07) is 6.64. The summed E-state index contributed by atoms with van der Waals surface area (Å²) in [5, 5.41) is 6.67. The maximum absolute atomic E-state index is 15.8. The Labute approximate surface area is 223 Å². The molecule has 1 atom stereocenters. The van der Waals surface area contributed by atoms with Crippen molar-refractivity contribution in [2.45, 2.75) is 50.1 Å². The van der Waals surface area contributed by atoms with Crippen LogP contribution in [0, 0.1) is 0 Å². The predicted octanol–water partition coefficient (Wildman–Crippen LogP) is 5.81. The number of amides is 1. The molecule has 1 amide bonds. The first-order valence-electron chi connectivity index (χ1n) is 12.2. The topological polar surface area (TPSA) is 54.3 Å². The summed E-state index contributed by atoms with van der Waals surface area (Å²) in [5.74, 6) is -8.90. The Morgan fingerprint density at radius 3 is 2.38 bits per heavy atom. The molecule has 14 heteroatoms. The summed E-state index contributed by atoms with van der Waals surface area (Å²) < 4.78 is 116. The van der Waals surface area contributed by atoms with Crippen molar-refractivity contribution in [3.8, 4) is 0 Å². The van der Waals surface area contributed by atoms with Crippen molar-refractivity contribution in [2.75, 3.05) is 18.0 Å². The predicted molar refractivity (Wildman–Crippen MR) is 127 cm³/mol. The van der Waals surface area contributed by atoms with E-state index >= 15 is 13.2 Å². The average Bonchev–Trinajstić information content (AvgIpc) is 3.55. The summed E-state index contributed by atoms with van der Waals surface area (Å²) in [4.78, 5) is 15.6. The van der Waals surface area contributed by atoms with Crippen molar-refractivity contribution in [1.82, 2.24) is 19.7 Å². The number of likely N-dealkylation sites (tertiary alicyclic amines) is 1. The molecule has 3 aromatic rings. The van der Waals surface area contributed by atoms with Crippen LogP contribution in [0.3, 0.4) is 0 Å². The number of alkyl halides is 8. The number of anilines is 1. The van der Waals surface area contributed by atoms with Gasteiger partial charge in [-0.15, -0.1) is 10.2 Å². The van der Waals surface area contributed by atoms with Crippen LogP contribution in [-0.2, 0) is 37.9 Å². The molecule has 214 valence electrons. The van der Waals surface area contributed by atoms with E-state index in [2.05, 4.69) is 10.2 Å². The molecular formula is C26H23F8N5O. The van der Waals surface area contributed by atoms with Gasteiger partial charge in [0.15, 0.2) is 0 Å². The summed E-state index contributed by atoms with van der Waals surface area (Å²) in [7, 11) is 1.22. The van der Waals surface area contributed by atoms with Gasteiger partial charge in [0.2, 0.25) is 11.5 Å². The number of aryl methyl sites for hydroxylation is 1. The lowest BCUT2D eigenvalue weighted by molar-refractivity contribution is -0.149. The van der Waals surface area contributed by atoms with Crippen LogP contribution < -0.4 is 4.90 Å². The molecule has 0 saturated carbocycles. The van der Waals surface area contributed by atoms with E-state index in [-0.39, 0.29) is 35.5 Å². The van der Waals surface area contributed by atoms with E-state index in [9.17, 15) is 26.7 Å². The van der Waals surface area contributed by atoms with Gasteiger partial charge in [0.25, 0.3) is 11.8 Å². The third-order valence-electron chi connectivity index (χ3n) is 7.34. The fourth-order valence-corrected chi connectivity index (χ4v) is 5.15. The lowest BCUT2D eigenvalue weighted by atomic mass is 9.90. The van der Waals surface area contributed by atoms with Crippen LogP contribution in [0.1, 0.15) is 51.8 Å². The Morgan fingerprint density at radius 2 is 1.77 bits per heavy atom. The fourth-order valence-electron chi connectivity index (χ4n) is 5.15. The maximum Gasteiger partial charge on any atom is 0.416 e. The van der Waals surface area contributed by atoms with E-state index < -0.39 is 66.1 Å². The molecule has 0 radical (unpaired) electrons. The highest BCUT2D eigenvalue weighted by atomic mass is 19.4. The molecule has 0 N–H and O–H groups in total. The second-order valence-electron chi connectivity index (χ2n) is 10.3. The third-order valence-corrected chi connectivity index (χ3v) is 7.34. The quantitative estimate of drug-likeness (QED) is 0.350. The Kier molecular flexibility index (Phi) is 6.47. The van der Waals surface area contributed by atoms with Crippen molar-refractivity contribution >= 4 is 11.6 Å². The summed E-state index contributed by atoms with van der Waals surface area (Å²) >= 11 is 0. The molecule has 5 rings (SSSR count). The molecule has 0 spiro atoms. The van der Waals surface area contributed by atoms with Crippen molar-refractivity contribution in [1.29, 1.82) is 0 Å². The first-order chi connectivity index (χ1) is 18.5. The lowest BCUT2D eigenvalue weighted by Gasteiger charge is -2.30. The van der Waals surface area contributed by atoms with Crippen LogP contribution in [0.25, 0.3) is 0 Å². The summed E-state index contributed by atoms with van der Waals surface area (Å²) in [6.07, 6.45) is -4.29. The first-order valence-corrected chi connectivity index (χ1v) is 12.2. The van der Waals surface area contributed by atoms with E-state index in [1.807, 2.05) is 0 Å². The molecule has 0 bridgehead atoms. The smallest absolute Gasteiger partial charge is 0.316 e. The molecule has 1 aromatic heterocycles. The van der Waals surface area contributed by atoms with Crippen molar-refractivity contribution in [3.63, 3.8) is 0 Å². The van der Waals surface area contributed by atoms with Crippen LogP contribution in [-0.4, -0.2) is 44.6 Å². The van der Waals surface area contributed by atoms with E-state index in [0.29, 0.717) is 6.92 Å². The summed E-state index contributed by atoms with van der Waals surface area (Å²) in [6.45, 7) is -0.751. The van der Waals surface area contributed by atoms with Crippen LogP contribution in [0.15, 0.2) is 42.7 Å². The zero-order chi connectivity index (χ0) is 29.3. The number of benzene rings is 2. The number of halogens is 8. The second-order valence-corrected chi connectivity index (χ2v) is 10.3.